The van der Waals surface area contributed by atoms with Crippen LogP contribution in [0.5, 0.6) is 0 Å². The molecule has 6 nitrogen and oxygen atoms in total. The van der Waals surface area contributed by atoms with E-state index in [1.807, 2.05) is 17.9 Å². The van der Waals surface area contributed by atoms with E-state index in [0.717, 1.165) is 18.9 Å². The van der Waals surface area contributed by atoms with Gasteiger partial charge in [0.05, 0.1) is 12.2 Å². The third-order valence-corrected chi connectivity index (χ3v) is 4.78. The van der Waals surface area contributed by atoms with Gasteiger partial charge in [0.1, 0.15) is 5.82 Å². The van der Waals surface area contributed by atoms with Crippen molar-refractivity contribution in [2.45, 2.75) is 50.6 Å². The summed E-state index contributed by atoms with van der Waals surface area (Å²) in [7, 11) is 1.95. The van der Waals surface area contributed by atoms with Gasteiger partial charge in [0.25, 0.3) is 0 Å². The van der Waals surface area contributed by atoms with Gasteiger partial charge < -0.3 is 9.88 Å². The van der Waals surface area contributed by atoms with E-state index in [2.05, 4.69) is 31.4 Å². The maximum atomic E-state index is 4.55. The Kier molecular flexibility index (Phi) is 3.25. The molecule has 1 aliphatic carbocycles. The Morgan fingerprint density at radius 1 is 1.14 bits per heavy atom. The number of nitrogens with zero attached hydrogens (tertiary/aromatic N) is 5. The number of aryl methyl sites for hydroxylation is 1. The van der Waals surface area contributed by atoms with Crippen LogP contribution in [-0.2, 0) is 13.6 Å². The van der Waals surface area contributed by atoms with Crippen molar-refractivity contribution in [1.29, 1.82) is 0 Å². The lowest BCUT2D eigenvalue weighted by atomic mass is 9.88. The van der Waals surface area contributed by atoms with Crippen molar-refractivity contribution in [2.24, 2.45) is 7.05 Å². The molecule has 1 saturated carbocycles. The molecule has 0 amide bonds. The summed E-state index contributed by atoms with van der Waals surface area (Å²) >= 11 is 0. The Hall–Kier alpha value is -1.69. The van der Waals surface area contributed by atoms with E-state index in [1.54, 1.807) is 0 Å². The van der Waals surface area contributed by atoms with Crippen LogP contribution in [0.3, 0.4) is 0 Å². The highest BCUT2D eigenvalue weighted by Gasteiger charge is 2.30. The second kappa shape index (κ2) is 5.26. The number of nitrogens with one attached hydrogen (secondary N) is 1. The second-order valence-corrected chi connectivity index (χ2v) is 6.24. The lowest BCUT2D eigenvalue weighted by Crippen LogP contribution is -2.35. The van der Waals surface area contributed by atoms with Crippen LogP contribution in [0.25, 0.3) is 0 Å². The van der Waals surface area contributed by atoms with Crippen molar-refractivity contribution in [1.82, 2.24) is 29.9 Å². The summed E-state index contributed by atoms with van der Waals surface area (Å²) in [6, 6.07) is 0.122. The van der Waals surface area contributed by atoms with Gasteiger partial charge in [0.2, 0.25) is 0 Å². The standard InChI is InChI=1S/C15H22N6/c1-20-10-12(9-17-20)13-15-19-18-14(21(15)8-7-16-13)11-5-3-2-4-6-11/h9-11,13,16H,2-8H2,1H3. The fourth-order valence-corrected chi connectivity index (χ4v) is 3.70. The van der Waals surface area contributed by atoms with E-state index in [9.17, 15) is 0 Å². The summed E-state index contributed by atoms with van der Waals surface area (Å²) in [5.74, 6) is 2.86. The van der Waals surface area contributed by atoms with Gasteiger partial charge in [-0.05, 0) is 12.8 Å². The van der Waals surface area contributed by atoms with E-state index in [4.69, 9.17) is 0 Å². The van der Waals surface area contributed by atoms with Crippen molar-refractivity contribution in [3.05, 3.63) is 29.6 Å². The minimum absolute atomic E-state index is 0.122. The van der Waals surface area contributed by atoms with E-state index >= 15 is 0 Å². The van der Waals surface area contributed by atoms with Gasteiger partial charge in [-0.3, -0.25) is 4.68 Å². The molecule has 3 heterocycles. The summed E-state index contributed by atoms with van der Waals surface area (Å²) in [5.41, 5.74) is 1.17. The first-order valence-corrected chi connectivity index (χ1v) is 7.98. The molecule has 1 unspecified atom stereocenters. The lowest BCUT2D eigenvalue weighted by Gasteiger charge is -2.27. The molecule has 21 heavy (non-hydrogen) atoms. The van der Waals surface area contributed by atoms with Crippen molar-refractivity contribution >= 4 is 0 Å². The lowest BCUT2D eigenvalue weighted by molar-refractivity contribution is 0.392. The fraction of sp³-hybridized carbons (Fsp3) is 0.667. The Balaban J connectivity index is 1.68. The Bertz CT molecular complexity index is 622. The predicted molar refractivity (Wildman–Crippen MR) is 78.9 cm³/mol. The van der Waals surface area contributed by atoms with Crippen LogP contribution >= 0.6 is 0 Å². The van der Waals surface area contributed by atoms with Crippen LogP contribution in [0.15, 0.2) is 12.4 Å². The van der Waals surface area contributed by atoms with E-state index in [0.29, 0.717) is 5.92 Å². The van der Waals surface area contributed by atoms with Crippen molar-refractivity contribution in [2.75, 3.05) is 6.54 Å². The quantitative estimate of drug-likeness (QED) is 0.913. The Labute approximate surface area is 124 Å². The molecular formula is C15H22N6. The minimum Gasteiger partial charge on any atom is -0.312 e. The van der Waals surface area contributed by atoms with Crippen molar-refractivity contribution < 1.29 is 0 Å². The molecule has 0 bridgehead atoms. The fourth-order valence-electron chi connectivity index (χ4n) is 3.70. The molecule has 0 radical (unpaired) electrons. The maximum Gasteiger partial charge on any atom is 0.154 e. The molecular weight excluding hydrogens is 264 g/mol. The minimum atomic E-state index is 0.122. The zero-order valence-corrected chi connectivity index (χ0v) is 12.5. The molecule has 1 atom stereocenters. The summed E-state index contributed by atoms with van der Waals surface area (Å²) in [6.07, 6.45) is 10.5. The molecule has 0 aromatic carbocycles. The summed E-state index contributed by atoms with van der Waals surface area (Å²) in [5, 5.41) is 16.9. The first kappa shape index (κ1) is 13.0. The van der Waals surface area contributed by atoms with Gasteiger partial charge in [-0.2, -0.15) is 5.10 Å². The molecule has 2 aromatic rings. The third-order valence-electron chi connectivity index (χ3n) is 4.78. The number of aromatic nitrogens is 5. The molecule has 0 spiro atoms. The smallest absolute Gasteiger partial charge is 0.154 e. The van der Waals surface area contributed by atoms with Crippen molar-refractivity contribution in [3.63, 3.8) is 0 Å². The number of rotatable bonds is 2. The molecule has 1 fully saturated rings. The van der Waals surface area contributed by atoms with Crippen LogP contribution < -0.4 is 5.32 Å². The molecule has 112 valence electrons. The summed E-state index contributed by atoms with van der Waals surface area (Å²) in [6.45, 7) is 1.94. The average Bonchev–Trinajstić information content (AvgIpc) is 3.14. The van der Waals surface area contributed by atoms with Crippen molar-refractivity contribution in [3.8, 4) is 0 Å². The monoisotopic (exact) mass is 286 g/mol. The predicted octanol–water partition coefficient (Wildman–Crippen LogP) is 1.75. The average molecular weight is 286 g/mol. The molecule has 0 saturated heterocycles. The van der Waals surface area contributed by atoms with Gasteiger partial charge in [0.15, 0.2) is 5.82 Å². The molecule has 1 N–H and O–H groups in total. The molecule has 2 aromatic heterocycles. The van der Waals surface area contributed by atoms with E-state index in [-0.39, 0.29) is 6.04 Å². The van der Waals surface area contributed by atoms with Gasteiger partial charge in [0, 0.05) is 37.8 Å². The normalized spacial score (nSPS) is 23.2. The summed E-state index contributed by atoms with van der Waals surface area (Å²) < 4.78 is 4.19. The van der Waals surface area contributed by atoms with Gasteiger partial charge in [-0.15, -0.1) is 10.2 Å². The Morgan fingerprint density at radius 2 is 1.95 bits per heavy atom. The number of hydrogen-bond acceptors (Lipinski definition) is 4. The van der Waals surface area contributed by atoms with Gasteiger partial charge in [-0.25, -0.2) is 0 Å². The van der Waals surface area contributed by atoms with Crippen LogP contribution in [0.2, 0.25) is 0 Å². The zero-order chi connectivity index (χ0) is 14.2. The largest absolute Gasteiger partial charge is 0.312 e. The van der Waals surface area contributed by atoms with E-state index in [1.165, 1.54) is 43.5 Å². The van der Waals surface area contributed by atoms with Gasteiger partial charge in [-0.1, -0.05) is 19.3 Å². The summed E-state index contributed by atoms with van der Waals surface area (Å²) in [4.78, 5) is 0. The second-order valence-electron chi connectivity index (χ2n) is 6.24. The first-order chi connectivity index (χ1) is 10.3. The molecule has 4 rings (SSSR count). The van der Waals surface area contributed by atoms with Crippen LogP contribution in [-0.4, -0.2) is 31.1 Å². The van der Waals surface area contributed by atoms with Crippen LogP contribution in [0.4, 0.5) is 0 Å². The van der Waals surface area contributed by atoms with Gasteiger partial charge >= 0.3 is 0 Å². The Morgan fingerprint density at radius 3 is 2.71 bits per heavy atom. The molecule has 2 aliphatic rings. The number of hydrogen-bond donors (Lipinski definition) is 1. The van der Waals surface area contributed by atoms with E-state index < -0.39 is 0 Å². The highest BCUT2D eigenvalue weighted by atomic mass is 15.3. The first-order valence-electron chi connectivity index (χ1n) is 7.98. The zero-order valence-electron chi connectivity index (χ0n) is 12.5. The maximum absolute atomic E-state index is 4.55. The highest BCUT2D eigenvalue weighted by Crippen LogP contribution is 2.34. The molecule has 1 aliphatic heterocycles. The number of fused-ring (bicyclic) bond motifs is 1. The highest BCUT2D eigenvalue weighted by molar-refractivity contribution is 5.22. The van der Waals surface area contributed by atoms with Crippen LogP contribution in [0.1, 0.15) is 61.3 Å². The van der Waals surface area contributed by atoms with Crippen LogP contribution in [0, 0.1) is 0 Å². The third kappa shape index (κ3) is 2.27. The SMILES string of the molecule is Cn1cc(C2NCCn3c(C4CCCCC4)nnc32)cn1. The topological polar surface area (TPSA) is 60.6 Å². The molecule has 6 heteroatoms.